The predicted octanol–water partition coefficient (Wildman–Crippen LogP) is 4.27. The molecule has 1 heterocycles. The third kappa shape index (κ3) is 5.71. The van der Waals surface area contributed by atoms with Gasteiger partial charge in [0.15, 0.2) is 13.8 Å². The van der Waals surface area contributed by atoms with Crippen molar-refractivity contribution in [2.75, 3.05) is 6.61 Å². The highest BCUT2D eigenvalue weighted by Crippen LogP contribution is 2.24. The number of aromatic amines is 1. The molecule has 1 aromatic carbocycles. The molecule has 0 saturated heterocycles. The van der Waals surface area contributed by atoms with Crippen molar-refractivity contribution in [2.24, 2.45) is 5.41 Å². The first-order chi connectivity index (χ1) is 12.6. The zero-order valence-electron chi connectivity index (χ0n) is 17.0. The summed E-state index contributed by atoms with van der Waals surface area (Å²) in [4.78, 5) is 15.0. The maximum Gasteiger partial charge on any atom is 0.255 e. The number of hydrogen-bond acceptors (Lipinski definition) is 4. The highest BCUT2D eigenvalue weighted by Gasteiger charge is 2.26. The van der Waals surface area contributed by atoms with Gasteiger partial charge in [-0.25, -0.2) is 0 Å². The lowest BCUT2D eigenvalue weighted by atomic mass is 9.90. The quantitative estimate of drug-likeness (QED) is 0.551. The Hall–Kier alpha value is -1.54. The van der Waals surface area contributed by atoms with Gasteiger partial charge in [0.25, 0.3) is 5.56 Å². The van der Waals surface area contributed by atoms with Crippen LogP contribution >= 0.6 is 12.2 Å². The average Bonchev–Trinajstić information content (AvgIpc) is 2.58. The number of nitrogens with zero attached hydrogens (tertiary/aromatic N) is 1. The van der Waals surface area contributed by atoms with E-state index >= 15 is 0 Å². The molecule has 1 aromatic heterocycles. The number of nitrogens with one attached hydrogen (secondary N) is 1. The van der Waals surface area contributed by atoms with E-state index in [2.05, 4.69) is 38.8 Å². The number of aromatic nitrogens is 2. The maximum atomic E-state index is 12.2. The summed E-state index contributed by atoms with van der Waals surface area (Å²) in [6, 6.07) is 9.78. The first-order valence-electron chi connectivity index (χ1n) is 9.23. The Morgan fingerprint density at radius 2 is 1.85 bits per heavy atom. The molecule has 1 N–H and O–H groups in total. The van der Waals surface area contributed by atoms with Crippen LogP contribution in [0, 0.1) is 17.1 Å². The van der Waals surface area contributed by atoms with Crippen molar-refractivity contribution in [3.8, 4) is 11.3 Å². The molecule has 1 unspecified atom stereocenters. The van der Waals surface area contributed by atoms with Gasteiger partial charge >= 0.3 is 0 Å². The van der Waals surface area contributed by atoms with Gasteiger partial charge in [0.1, 0.15) is 6.73 Å². The van der Waals surface area contributed by atoms with E-state index in [0.717, 1.165) is 11.3 Å². The maximum absolute atomic E-state index is 12.2. The molecule has 0 aliphatic carbocycles. The second-order valence-corrected chi connectivity index (χ2v) is 10.8. The van der Waals surface area contributed by atoms with Crippen LogP contribution in [0.5, 0.6) is 0 Å². The van der Waals surface area contributed by atoms with E-state index in [1.54, 1.807) is 6.92 Å². The van der Waals surface area contributed by atoms with E-state index < -0.39 is 9.04 Å². The van der Waals surface area contributed by atoms with Crippen LogP contribution in [-0.2, 0) is 15.9 Å². The Morgan fingerprint density at radius 3 is 2.41 bits per heavy atom. The van der Waals surface area contributed by atoms with Gasteiger partial charge in [-0.1, -0.05) is 51.1 Å². The number of benzene rings is 1. The molecular formula is C20H30N2O3SSi. The molecule has 27 heavy (non-hydrogen) atoms. The van der Waals surface area contributed by atoms with Gasteiger partial charge in [-0.15, -0.1) is 0 Å². The first kappa shape index (κ1) is 21.8. The molecule has 0 bridgehead atoms. The SMILES string of the molecule is Cc1c(-c2ccccc2)n(COCC(O[SiH](C)C)C(C)(C)C)c(=S)[nH]c1=O. The fourth-order valence-electron chi connectivity index (χ4n) is 2.83. The first-order valence-corrected chi connectivity index (χ1v) is 12.4. The standard InChI is InChI=1S/C20H30N2O3SSi/c1-14-17(15-10-8-7-9-11-15)22(19(26)21-18(14)23)13-24-12-16(20(2,3)4)25-27(5)6/h7-11,16,27H,12-13H2,1-6H3,(H,21,23,26). The Morgan fingerprint density at radius 1 is 1.22 bits per heavy atom. The average molecular weight is 407 g/mol. The molecule has 148 valence electrons. The molecule has 0 saturated carbocycles. The molecule has 0 aliphatic heterocycles. The van der Waals surface area contributed by atoms with Crippen LogP contribution in [0.25, 0.3) is 11.3 Å². The molecule has 7 heteroatoms. The van der Waals surface area contributed by atoms with Crippen LogP contribution in [0.2, 0.25) is 13.1 Å². The van der Waals surface area contributed by atoms with Crippen LogP contribution in [0.3, 0.4) is 0 Å². The van der Waals surface area contributed by atoms with Gasteiger partial charge in [0.05, 0.1) is 18.4 Å². The Kier molecular flexibility index (Phi) is 7.33. The van der Waals surface area contributed by atoms with Gasteiger partial charge in [-0.2, -0.15) is 0 Å². The van der Waals surface area contributed by atoms with Crippen LogP contribution < -0.4 is 5.56 Å². The zero-order chi connectivity index (χ0) is 20.2. The van der Waals surface area contributed by atoms with Crippen LogP contribution in [0.1, 0.15) is 26.3 Å². The lowest BCUT2D eigenvalue weighted by molar-refractivity contribution is -0.0284. The topological polar surface area (TPSA) is 56.2 Å². The summed E-state index contributed by atoms with van der Waals surface area (Å²) in [5.41, 5.74) is 2.17. The van der Waals surface area contributed by atoms with Crippen molar-refractivity contribution in [2.45, 2.75) is 53.6 Å². The lowest BCUT2D eigenvalue weighted by Gasteiger charge is -2.32. The van der Waals surface area contributed by atoms with Gasteiger partial charge < -0.3 is 9.16 Å². The molecule has 0 aliphatic rings. The third-order valence-electron chi connectivity index (χ3n) is 4.37. The van der Waals surface area contributed by atoms with Crippen LogP contribution in [0.15, 0.2) is 35.1 Å². The van der Waals surface area contributed by atoms with Crippen molar-refractivity contribution in [3.05, 3.63) is 51.0 Å². The molecule has 2 rings (SSSR count). The summed E-state index contributed by atoms with van der Waals surface area (Å²) in [5.74, 6) is 0. The van der Waals surface area contributed by atoms with E-state index in [9.17, 15) is 4.79 Å². The Labute approximate surface area is 168 Å². The fraction of sp³-hybridized carbons (Fsp3) is 0.500. The molecule has 0 fully saturated rings. The summed E-state index contributed by atoms with van der Waals surface area (Å²) in [7, 11) is -1.18. The number of H-pyrrole nitrogens is 1. The minimum absolute atomic E-state index is 0.0120. The largest absolute Gasteiger partial charge is 0.415 e. The smallest absolute Gasteiger partial charge is 0.255 e. The summed E-state index contributed by atoms with van der Waals surface area (Å²) in [5, 5.41) is 0. The number of ether oxygens (including phenoxy) is 1. The minimum atomic E-state index is -1.18. The van der Waals surface area contributed by atoms with Crippen molar-refractivity contribution in [3.63, 3.8) is 0 Å². The van der Waals surface area contributed by atoms with E-state index in [1.165, 1.54) is 0 Å². The number of rotatable bonds is 7. The summed E-state index contributed by atoms with van der Waals surface area (Å²) < 4.78 is 14.4. The van der Waals surface area contributed by atoms with Crippen molar-refractivity contribution in [1.29, 1.82) is 0 Å². The summed E-state index contributed by atoms with van der Waals surface area (Å²) >= 11 is 5.41. The monoisotopic (exact) mass is 406 g/mol. The molecule has 1 atom stereocenters. The van der Waals surface area contributed by atoms with Gasteiger partial charge in [-0.3, -0.25) is 14.3 Å². The highest BCUT2D eigenvalue weighted by atomic mass is 32.1. The van der Waals surface area contributed by atoms with Gasteiger partial charge in [-0.05, 0) is 43.2 Å². The number of hydrogen-bond donors (Lipinski definition) is 1. The zero-order valence-corrected chi connectivity index (χ0v) is 19.0. The van der Waals surface area contributed by atoms with Crippen LogP contribution in [0.4, 0.5) is 0 Å². The van der Waals surface area contributed by atoms with Crippen molar-refractivity contribution >= 4 is 21.3 Å². The molecule has 5 nitrogen and oxygen atoms in total. The summed E-state index contributed by atoms with van der Waals surface area (Å²) in [6.07, 6.45) is 0.0161. The van der Waals surface area contributed by atoms with Crippen molar-refractivity contribution < 1.29 is 9.16 Å². The van der Waals surface area contributed by atoms with E-state index in [4.69, 9.17) is 21.4 Å². The fourth-order valence-corrected chi connectivity index (χ4v) is 4.21. The van der Waals surface area contributed by atoms with Gasteiger partial charge in [0, 0.05) is 5.56 Å². The Balaban J connectivity index is 2.30. The van der Waals surface area contributed by atoms with Crippen molar-refractivity contribution in [1.82, 2.24) is 9.55 Å². The normalized spacial score (nSPS) is 13.1. The van der Waals surface area contributed by atoms with E-state index in [-0.39, 0.29) is 23.8 Å². The molecular weight excluding hydrogens is 376 g/mol. The molecule has 2 aromatic rings. The molecule has 0 amide bonds. The highest BCUT2D eigenvalue weighted by molar-refractivity contribution is 7.71. The molecule has 0 spiro atoms. The predicted molar refractivity (Wildman–Crippen MR) is 115 cm³/mol. The molecule has 0 radical (unpaired) electrons. The van der Waals surface area contributed by atoms with Crippen LogP contribution in [-0.4, -0.2) is 31.3 Å². The second kappa shape index (κ2) is 9.10. The lowest BCUT2D eigenvalue weighted by Crippen LogP contribution is -2.37. The summed E-state index contributed by atoms with van der Waals surface area (Å²) in [6.45, 7) is 13.3. The third-order valence-corrected chi connectivity index (χ3v) is 5.57. The van der Waals surface area contributed by atoms with E-state index in [1.807, 2.05) is 34.9 Å². The second-order valence-electron chi connectivity index (χ2n) is 8.07. The van der Waals surface area contributed by atoms with Gasteiger partial charge in [0.2, 0.25) is 0 Å². The minimum Gasteiger partial charge on any atom is -0.415 e. The van der Waals surface area contributed by atoms with E-state index in [0.29, 0.717) is 16.9 Å². The Bertz CT molecular complexity index is 870.